The molecule has 0 atom stereocenters. The molecule has 0 N–H and O–H groups in total. The van der Waals surface area contributed by atoms with Gasteiger partial charge in [-0.2, -0.15) is 10.4 Å². The van der Waals surface area contributed by atoms with Gasteiger partial charge in [0.25, 0.3) is 0 Å². The average molecular weight is 344 g/mol. The lowest BCUT2D eigenvalue weighted by Gasteiger charge is -2.10. The smallest absolute Gasteiger partial charge is 0.162 e. The quantitative estimate of drug-likeness (QED) is 0.567. The van der Waals surface area contributed by atoms with E-state index in [0.29, 0.717) is 17.1 Å². The number of benzene rings is 2. The fraction of sp³-hybridized carbons (Fsp3) is 0.150. The minimum absolute atomic E-state index is 0.618. The second-order valence-corrected chi connectivity index (χ2v) is 5.90. The molecule has 0 saturated heterocycles. The summed E-state index contributed by atoms with van der Waals surface area (Å²) in [7, 11) is 5.11. The van der Waals surface area contributed by atoms with Gasteiger partial charge < -0.3 is 9.47 Å². The number of rotatable bonds is 3. The summed E-state index contributed by atoms with van der Waals surface area (Å²) in [6, 6.07) is 13.3. The molecule has 2 heterocycles. The van der Waals surface area contributed by atoms with Crippen molar-refractivity contribution in [3.8, 4) is 28.8 Å². The molecule has 6 heteroatoms. The van der Waals surface area contributed by atoms with E-state index in [2.05, 4.69) is 16.2 Å². The first kappa shape index (κ1) is 15.9. The molecule has 128 valence electrons. The van der Waals surface area contributed by atoms with Gasteiger partial charge >= 0.3 is 0 Å². The topological polar surface area (TPSA) is 73.0 Å². The number of nitriles is 1. The molecule has 2 aromatic heterocycles. The number of nitrogens with zero attached hydrogens (tertiary/aromatic N) is 4. The highest BCUT2D eigenvalue weighted by molar-refractivity contribution is 6.11. The summed E-state index contributed by atoms with van der Waals surface area (Å²) in [5.74, 6) is 1.28. The minimum Gasteiger partial charge on any atom is -0.493 e. The SMILES string of the molecule is COc1cc2ncc3c(c(-c4ccc(C#N)cc4)nn3C)c2cc1OC. The first-order valence-electron chi connectivity index (χ1n) is 8.04. The maximum Gasteiger partial charge on any atom is 0.162 e. The number of fused-ring (bicyclic) bond motifs is 3. The van der Waals surface area contributed by atoms with E-state index in [-0.39, 0.29) is 0 Å². The highest BCUT2D eigenvalue weighted by Gasteiger charge is 2.17. The lowest BCUT2D eigenvalue weighted by atomic mass is 10.0. The third kappa shape index (κ3) is 2.33. The third-order valence-electron chi connectivity index (χ3n) is 4.48. The van der Waals surface area contributed by atoms with Crippen molar-refractivity contribution in [2.24, 2.45) is 7.05 Å². The average Bonchev–Trinajstić information content (AvgIpc) is 3.03. The van der Waals surface area contributed by atoms with Crippen molar-refractivity contribution in [1.82, 2.24) is 14.8 Å². The van der Waals surface area contributed by atoms with E-state index in [9.17, 15) is 0 Å². The van der Waals surface area contributed by atoms with Crippen LogP contribution in [0.1, 0.15) is 5.56 Å². The molecule has 4 aromatic rings. The van der Waals surface area contributed by atoms with Crippen LogP contribution in [0.2, 0.25) is 0 Å². The van der Waals surface area contributed by atoms with Crippen LogP contribution in [0.15, 0.2) is 42.6 Å². The maximum atomic E-state index is 9.02. The molecule has 2 aromatic carbocycles. The van der Waals surface area contributed by atoms with Gasteiger partial charge in [-0.1, -0.05) is 12.1 Å². The molecule has 0 fully saturated rings. The van der Waals surface area contributed by atoms with E-state index < -0.39 is 0 Å². The van der Waals surface area contributed by atoms with Gasteiger partial charge in [0.1, 0.15) is 5.69 Å². The molecule has 4 rings (SSSR count). The van der Waals surface area contributed by atoms with E-state index in [1.54, 1.807) is 26.4 Å². The summed E-state index contributed by atoms with van der Waals surface area (Å²) in [5.41, 5.74) is 4.12. The molecule has 26 heavy (non-hydrogen) atoms. The standard InChI is InChI=1S/C20H16N4O2/c1-24-16-11-22-15-9-18(26-3)17(25-2)8-14(15)19(16)20(23-24)13-6-4-12(10-21)5-7-13/h4-9,11H,1-3H3. The maximum absolute atomic E-state index is 9.02. The number of aromatic nitrogens is 3. The molecule has 0 spiro atoms. The number of hydrogen-bond acceptors (Lipinski definition) is 5. The van der Waals surface area contributed by atoms with E-state index >= 15 is 0 Å². The molecular formula is C20H16N4O2. The fourth-order valence-corrected chi connectivity index (χ4v) is 3.16. The summed E-state index contributed by atoms with van der Waals surface area (Å²) in [6.07, 6.45) is 1.81. The van der Waals surface area contributed by atoms with Gasteiger partial charge in [-0.25, -0.2) is 0 Å². The Morgan fingerprint density at radius 2 is 1.73 bits per heavy atom. The fourth-order valence-electron chi connectivity index (χ4n) is 3.16. The lowest BCUT2D eigenvalue weighted by molar-refractivity contribution is 0.356. The molecule has 0 radical (unpaired) electrons. The Kier molecular flexibility index (Phi) is 3.70. The summed E-state index contributed by atoms with van der Waals surface area (Å²) in [4.78, 5) is 4.55. The largest absolute Gasteiger partial charge is 0.493 e. The van der Waals surface area contributed by atoms with E-state index in [0.717, 1.165) is 33.1 Å². The van der Waals surface area contributed by atoms with Crippen LogP contribution in [0.5, 0.6) is 11.5 Å². The second-order valence-electron chi connectivity index (χ2n) is 5.90. The number of hydrogen-bond donors (Lipinski definition) is 0. The van der Waals surface area contributed by atoms with Gasteiger partial charge in [0, 0.05) is 29.4 Å². The highest BCUT2D eigenvalue weighted by atomic mass is 16.5. The summed E-state index contributed by atoms with van der Waals surface area (Å²) < 4.78 is 12.7. The molecule has 0 saturated carbocycles. The first-order chi connectivity index (χ1) is 12.7. The predicted molar refractivity (Wildman–Crippen MR) is 99.3 cm³/mol. The zero-order valence-corrected chi connectivity index (χ0v) is 14.6. The summed E-state index contributed by atoms with van der Waals surface area (Å²) in [5, 5.41) is 15.6. The number of pyridine rings is 1. The Bertz CT molecular complexity index is 1170. The number of ether oxygens (including phenoxy) is 2. The van der Waals surface area contributed by atoms with Crippen LogP contribution in [0.25, 0.3) is 33.1 Å². The van der Waals surface area contributed by atoms with Gasteiger partial charge in [0.05, 0.1) is 43.1 Å². The third-order valence-corrected chi connectivity index (χ3v) is 4.48. The first-order valence-corrected chi connectivity index (χ1v) is 8.04. The van der Waals surface area contributed by atoms with Crippen molar-refractivity contribution in [2.75, 3.05) is 14.2 Å². The van der Waals surface area contributed by atoms with Crippen LogP contribution in [0.3, 0.4) is 0 Å². The van der Waals surface area contributed by atoms with Crippen LogP contribution in [-0.4, -0.2) is 29.0 Å². The van der Waals surface area contributed by atoms with Gasteiger partial charge in [-0.05, 0) is 18.2 Å². The Balaban J connectivity index is 2.07. The second kappa shape index (κ2) is 6.05. The van der Waals surface area contributed by atoms with Gasteiger partial charge in [0.15, 0.2) is 11.5 Å². The number of aryl methyl sites for hydroxylation is 1. The Morgan fingerprint density at radius 3 is 2.38 bits per heavy atom. The van der Waals surface area contributed by atoms with Crippen LogP contribution in [0.4, 0.5) is 0 Å². The Hall–Kier alpha value is -3.59. The molecule has 0 amide bonds. The van der Waals surface area contributed by atoms with Crippen molar-refractivity contribution in [3.63, 3.8) is 0 Å². The summed E-state index contributed by atoms with van der Waals surface area (Å²) >= 11 is 0. The van der Waals surface area contributed by atoms with E-state index in [1.165, 1.54) is 0 Å². The van der Waals surface area contributed by atoms with Gasteiger partial charge in [-0.3, -0.25) is 9.67 Å². The highest BCUT2D eigenvalue weighted by Crippen LogP contribution is 2.38. The van der Waals surface area contributed by atoms with Crippen LogP contribution in [-0.2, 0) is 7.05 Å². The van der Waals surface area contributed by atoms with E-state index in [4.69, 9.17) is 14.7 Å². The molecule has 6 nitrogen and oxygen atoms in total. The van der Waals surface area contributed by atoms with E-state index in [1.807, 2.05) is 42.2 Å². The van der Waals surface area contributed by atoms with Crippen molar-refractivity contribution >= 4 is 21.8 Å². The summed E-state index contributed by atoms with van der Waals surface area (Å²) in [6.45, 7) is 0. The van der Waals surface area contributed by atoms with Crippen LogP contribution in [0, 0.1) is 11.3 Å². The lowest BCUT2D eigenvalue weighted by Crippen LogP contribution is -1.93. The minimum atomic E-state index is 0.618. The molecule has 0 aliphatic rings. The Morgan fingerprint density at radius 1 is 1.04 bits per heavy atom. The van der Waals surface area contributed by atoms with Crippen molar-refractivity contribution in [1.29, 1.82) is 5.26 Å². The van der Waals surface area contributed by atoms with Crippen molar-refractivity contribution in [3.05, 3.63) is 48.2 Å². The van der Waals surface area contributed by atoms with Crippen LogP contribution >= 0.6 is 0 Å². The van der Waals surface area contributed by atoms with Crippen LogP contribution < -0.4 is 9.47 Å². The normalized spacial score (nSPS) is 10.8. The number of methoxy groups -OCH3 is 2. The molecule has 0 aliphatic carbocycles. The molecule has 0 bridgehead atoms. The van der Waals surface area contributed by atoms with Gasteiger partial charge in [0.2, 0.25) is 0 Å². The molecule has 0 aliphatic heterocycles. The zero-order chi connectivity index (χ0) is 18.3. The molecule has 0 unspecified atom stereocenters. The van der Waals surface area contributed by atoms with Crippen molar-refractivity contribution in [2.45, 2.75) is 0 Å². The van der Waals surface area contributed by atoms with Gasteiger partial charge in [-0.15, -0.1) is 0 Å². The zero-order valence-electron chi connectivity index (χ0n) is 14.6. The Labute approximate surface area is 150 Å². The molecular weight excluding hydrogens is 328 g/mol. The predicted octanol–water partition coefficient (Wildman–Crippen LogP) is 3.68. The van der Waals surface area contributed by atoms with Crippen molar-refractivity contribution < 1.29 is 9.47 Å². The monoisotopic (exact) mass is 344 g/mol.